The molecule has 4 nitrogen and oxygen atoms in total. The van der Waals surface area contributed by atoms with Crippen LogP contribution < -0.4 is 10.6 Å². The molecule has 18 heavy (non-hydrogen) atoms. The molecule has 0 saturated heterocycles. The van der Waals surface area contributed by atoms with Crippen molar-refractivity contribution in [3.8, 4) is 0 Å². The first-order chi connectivity index (χ1) is 8.58. The van der Waals surface area contributed by atoms with Crippen LogP contribution in [0, 0.1) is 6.92 Å². The van der Waals surface area contributed by atoms with Gasteiger partial charge in [-0.15, -0.1) is 0 Å². The van der Waals surface area contributed by atoms with Gasteiger partial charge < -0.3 is 10.6 Å². The lowest BCUT2D eigenvalue weighted by Gasteiger charge is -2.20. The average molecular weight is 307 g/mol. The highest BCUT2D eigenvalue weighted by atomic mass is 79.9. The van der Waals surface area contributed by atoms with Crippen LogP contribution >= 0.6 is 15.9 Å². The van der Waals surface area contributed by atoms with E-state index in [1.165, 1.54) is 11.1 Å². The molecule has 1 heterocycles. The summed E-state index contributed by atoms with van der Waals surface area (Å²) in [5.41, 5.74) is 8.15. The summed E-state index contributed by atoms with van der Waals surface area (Å²) in [5.74, 6) is 1.08. The van der Waals surface area contributed by atoms with Gasteiger partial charge in [0.25, 0.3) is 0 Å². The normalized spacial score (nSPS) is 10.4. The minimum Gasteiger partial charge on any atom is -0.368 e. The molecular formula is C13H15BrN4. The van der Waals surface area contributed by atoms with E-state index < -0.39 is 0 Å². The molecule has 0 aliphatic rings. The number of benzene rings is 1. The molecule has 0 aliphatic carbocycles. The summed E-state index contributed by atoms with van der Waals surface area (Å²) >= 11 is 3.44. The predicted octanol–water partition coefficient (Wildman–Crippen LogP) is 2.77. The number of nitrogen functional groups attached to an aromatic ring is 1. The van der Waals surface area contributed by atoms with E-state index in [9.17, 15) is 0 Å². The van der Waals surface area contributed by atoms with Crippen molar-refractivity contribution in [3.63, 3.8) is 0 Å². The second-order valence-corrected chi connectivity index (χ2v) is 5.04. The van der Waals surface area contributed by atoms with Gasteiger partial charge in [0, 0.05) is 19.8 Å². The van der Waals surface area contributed by atoms with E-state index >= 15 is 0 Å². The molecule has 0 bridgehead atoms. The number of halogens is 1. The highest BCUT2D eigenvalue weighted by Gasteiger charge is 2.10. The first kappa shape index (κ1) is 12.8. The van der Waals surface area contributed by atoms with Gasteiger partial charge in [0.05, 0.1) is 4.47 Å². The summed E-state index contributed by atoms with van der Waals surface area (Å²) in [6, 6.07) is 8.30. The third-order valence-corrected chi connectivity index (χ3v) is 3.33. The quantitative estimate of drug-likeness (QED) is 0.947. The zero-order chi connectivity index (χ0) is 13.1. The maximum Gasteiger partial charge on any atom is 0.222 e. The molecule has 0 atom stereocenters. The highest BCUT2D eigenvalue weighted by molar-refractivity contribution is 9.10. The van der Waals surface area contributed by atoms with E-state index in [0.717, 1.165) is 16.8 Å². The minimum atomic E-state index is 0.282. The minimum absolute atomic E-state index is 0.282. The molecule has 2 N–H and O–H groups in total. The summed E-state index contributed by atoms with van der Waals surface area (Å²) in [6.07, 6.45) is 1.67. The van der Waals surface area contributed by atoms with Crippen molar-refractivity contribution in [2.45, 2.75) is 13.5 Å². The van der Waals surface area contributed by atoms with Crippen molar-refractivity contribution in [2.24, 2.45) is 0 Å². The fourth-order valence-corrected chi connectivity index (χ4v) is 2.25. The van der Waals surface area contributed by atoms with Crippen LogP contribution in [0.1, 0.15) is 11.1 Å². The van der Waals surface area contributed by atoms with Gasteiger partial charge in [-0.05, 0) is 34.0 Å². The molecule has 94 valence electrons. The summed E-state index contributed by atoms with van der Waals surface area (Å²) in [7, 11) is 1.99. The van der Waals surface area contributed by atoms with E-state index in [0.29, 0.717) is 0 Å². The highest BCUT2D eigenvalue weighted by Crippen LogP contribution is 2.24. The third-order valence-electron chi connectivity index (χ3n) is 2.77. The molecule has 2 aromatic rings. The number of anilines is 2. The predicted molar refractivity (Wildman–Crippen MR) is 77.4 cm³/mol. The number of nitrogens with zero attached hydrogens (tertiary/aromatic N) is 3. The van der Waals surface area contributed by atoms with Crippen molar-refractivity contribution in [2.75, 3.05) is 17.7 Å². The van der Waals surface area contributed by atoms with Crippen LogP contribution in [-0.2, 0) is 6.54 Å². The van der Waals surface area contributed by atoms with Crippen LogP contribution in [0.15, 0.2) is 34.9 Å². The van der Waals surface area contributed by atoms with Gasteiger partial charge in [-0.2, -0.15) is 4.98 Å². The van der Waals surface area contributed by atoms with E-state index in [1.807, 2.05) is 24.1 Å². The van der Waals surface area contributed by atoms with Crippen molar-refractivity contribution < 1.29 is 0 Å². The zero-order valence-corrected chi connectivity index (χ0v) is 12.0. The summed E-state index contributed by atoms with van der Waals surface area (Å²) in [5, 5.41) is 0. The van der Waals surface area contributed by atoms with Crippen LogP contribution in [0.4, 0.5) is 11.8 Å². The maximum atomic E-state index is 5.62. The third kappa shape index (κ3) is 2.79. The lowest BCUT2D eigenvalue weighted by molar-refractivity contribution is 0.882. The summed E-state index contributed by atoms with van der Waals surface area (Å²) < 4.78 is 0.841. The molecule has 0 amide bonds. The van der Waals surface area contributed by atoms with Crippen LogP contribution in [0.3, 0.4) is 0 Å². The number of hydrogen-bond donors (Lipinski definition) is 1. The fourth-order valence-electron chi connectivity index (χ4n) is 1.76. The Morgan fingerprint density at radius 2 is 2.06 bits per heavy atom. The summed E-state index contributed by atoms with van der Waals surface area (Å²) in [6.45, 7) is 2.88. The molecule has 1 aromatic heterocycles. The number of hydrogen-bond acceptors (Lipinski definition) is 4. The molecule has 0 fully saturated rings. The number of aromatic nitrogens is 2. The Bertz CT molecular complexity index is 556. The first-order valence-electron chi connectivity index (χ1n) is 5.61. The van der Waals surface area contributed by atoms with Crippen LogP contribution in [-0.4, -0.2) is 17.0 Å². The van der Waals surface area contributed by atoms with E-state index in [-0.39, 0.29) is 5.95 Å². The van der Waals surface area contributed by atoms with Gasteiger partial charge in [0.1, 0.15) is 5.82 Å². The molecule has 2 rings (SSSR count). The van der Waals surface area contributed by atoms with Crippen LogP contribution in [0.2, 0.25) is 0 Å². The zero-order valence-electron chi connectivity index (χ0n) is 10.4. The average Bonchev–Trinajstić information content (AvgIpc) is 2.35. The lowest BCUT2D eigenvalue weighted by atomic mass is 10.1. The molecular weight excluding hydrogens is 292 g/mol. The molecule has 0 saturated carbocycles. The largest absolute Gasteiger partial charge is 0.368 e. The Morgan fingerprint density at radius 1 is 1.33 bits per heavy atom. The van der Waals surface area contributed by atoms with E-state index in [1.54, 1.807) is 6.20 Å². The Morgan fingerprint density at radius 3 is 2.78 bits per heavy atom. The van der Waals surface area contributed by atoms with E-state index in [2.05, 4.69) is 45.0 Å². The second kappa shape index (κ2) is 5.35. The van der Waals surface area contributed by atoms with Gasteiger partial charge in [-0.1, -0.05) is 24.3 Å². The smallest absolute Gasteiger partial charge is 0.222 e. The monoisotopic (exact) mass is 306 g/mol. The Balaban J connectivity index is 2.25. The van der Waals surface area contributed by atoms with Gasteiger partial charge >= 0.3 is 0 Å². The second-order valence-electron chi connectivity index (χ2n) is 4.18. The SMILES string of the molecule is Cc1ccccc1CN(C)c1nc(N)ncc1Br. The Kier molecular flexibility index (Phi) is 3.81. The lowest BCUT2D eigenvalue weighted by Crippen LogP contribution is -2.19. The molecule has 0 unspecified atom stereocenters. The van der Waals surface area contributed by atoms with Crippen molar-refractivity contribution >= 4 is 27.7 Å². The van der Waals surface area contributed by atoms with Crippen LogP contribution in [0.5, 0.6) is 0 Å². The van der Waals surface area contributed by atoms with Gasteiger partial charge in [0.15, 0.2) is 0 Å². The molecule has 0 spiro atoms. The molecule has 0 radical (unpaired) electrons. The van der Waals surface area contributed by atoms with Gasteiger partial charge in [0.2, 0.25) is 5.95 Å². The molecule has 0 aliphatic heterocycles. The molecule has 5 heteroatoms. The van der Waals surface area contributed by atoms with Crippen molar-refractivity contribution in [1.29, 1.82) is 0 Å². The maximum absolute atomic E-state index is 5.62. The van der Waals surface area contributed by atoms with Crippen molar-refractivity contribution in [1.82, 2.24) is 9.97 Å². The van der Waals surface area contributed by atoms with E-state index in [4.69, 9.17) is 5.73 Å². The molecule has 1 aromatic carbocycles. The van der Waals surface area contributed by atoms with Gasteiger partial charge in [-0.3, -0.25) is 0 Å². The number of nitrogens with two attached hydrogens (primary N) is 1. The van der Waals surface area contributed by atoms with Gasteiger partial charge in [-0.25, -0.2) is 4.98 Å². The first-order valence-corrected chi connectivity index (χ1v) is 6.41. The summed E-state index contributed by atoms with van der Waals surface area (Å²) in [4.78, 5) is 10.2. The Labute approximate surface area is 115 Å². The fraction of sp³-hybridized carbons (Fsp3) is 0.231. The standard InChI is InChI=1S/C13H15BrN4/c1-9-5-3-4-6-10(9)8-18(2)12-11(14)7-16-13(15)17-12/h3-7H,8H2,1-2H3,(H2,15,16,17). The van der Waals surface area contributed by atoms with Crippen LogP contribution in [0.25, 0.3) is 0 Å². The van der Waals surface area contributed by atoms with Crippen molar-refractivity contribution in [3.05, 3.63) is 46.1 Å². The Hall–Kier alpha value is -1.62. The number of aryl methyl sites for hydroxylation is 1. The number of rotatable bonds is 3. The topological polar surface area (TPSA) is 55.0 Å².